The second kappa shape index (κ2) is 65.7. The van der Waals surface area contributed by atoms with Crippen LogP contribution in [-0.4, -0.2) is 95.9 Å². The summed E-state index contributed by atoms with van der Waals surface area (Å²) in [6.45, 7) is 2.38. The number of hydrogen-bond acceptors (Lipinski definition) is 14. The second-order valence-corrected chi connectivity index (χ2v) is 25.5. The molecule has 91 heavy (non-hydrogen) atoms. The first-order valence-corrected chi connectivity index (χ1v) is 37.5. The van der Waals surface area contributed by atoms with Crippen molar-refractivity contribution in [3.8, 4) is 0 Å². The van der Waals surface area contributed by atoms with E-state index in [0.717, 1.165) is 135 Å². The lowest BCUT2D eigenvalue weighted by atomic mass is 10.1. The Hall–Kier alpha value is -4.31. The molecule has 0 heterocycles. The van der Waals surface area contributed by atoms with Gasteiger partial charge >= 0.3 is 33.6 Å². The van der Waals surface area contributed by atoms with E-state index in [-0.39, 0.29) is 19.3 Å². The summed E-state index contributed by atoms with van der Waals surface area (Å²) < 4.78 is 60.8. The fourth-order valence-electron chi connectivity index (χ4n) is 8.57. The Morgan fingerprint density at radius 1 is 0.319 bits per heavy atom. The van der Waals surface area contributed by atoms with Crippen LogP contribution < -0.4 is 0 Å². The van der Waals surface area contributed by atoms with Crippen LogP contribution in [0.5, 0.6) is 0 Å². The molecule has 0 aliphatic rings. The largest absolute Gasteiger partial charge is 0.472 e. The van der Waals surface area contributed by atoms with Crippen LogP contribution in [0.1, 0.15) is 252 Å². The van der Waals surface area contributed by atoms with E-state index in [9.17, 15) is 43.5 Å². The van der Waals surface area contributed by atoms with Gasteiger partial charge in [-0.25, -0.2) is 9.13 Å². The maximum Gasteiger partial charge on any atom is 0.472 e. The van der Waals surface area contributed by atoms with E-state index in [1.165, 1.54) is 51.4 Å². The van der Waals surface area contributed by atoms with Crippen LogP contribution in [0.3, 0.4) is 0 Å². The van der Waals surface area contributed by atoms with Crippen molar-refractivity contribution in [3.63, 3.8) is 0 Å². The smallest absolute Gasteiger partial charge is 0.463 e. The maximum absolute atomic E-state index is 12.9. The van der Waals surface area contributed by atoms with Crippen LogP contribution in [0.25, 0.3) is 0 Å². The summed E-state index contributed by atoms with van der Waals surface area (Å²) in [4.78, 5) is 58.3. The van der Waals surface area contributed by atoms with Gasteiger partial charge in [0.05, 0.1) is 26.4 Å². The number of phosphoric ester groups is 2. The average Bonchev–Trinajstić information content (AvgIpc) is 3.74. The van der Waals surface area contributed by atoms with Crippen LogP contribution in [-0.2, 0) is 55.8 Å². The Bertz CT molecular complexity index is 2190. The highest BCUT2D eigenvalue weighted by molar-refractivity contribution is 7.47. The highest BCUT2D eigenvalue weighted by Gasteiger charge is 2.29. The van der Waals surface area contributed by atoms with Gasteiger partial charge in [-0.1, -0.05) is 238 Å². The van der Waals surface area contributed by atoms with Gasteiger partial charge < -0.3 is 34.2 Å². The number of phosphoric acid groups is 2. The molecule has 520 valence electrons. The first-order chi connectivity index (χ1) is 44.2. The predicted molar refractivity (Wildman–Crippen MR) is 371 cm³/mol. The first kappa shape index (κ1) is 86.7. The number of rotatable bonds is 64. The van der Waals surface area contributed by atoms with E-state index in [2.05, 4.69) is 136 Å². The summed E-state index contributed by atoms with van der Waals surface area (Å²) >= 11 is 0. The van der Waals surface area contributed by atoms with Gasteiger partial charge in [0.2, 0.25) is 0 Å². The molecule has 5 unspecified atom stereocenters. The molecular formula is C73H122O16P2. The molecule has 0 fully saturated rings. The lowest BCUT2D eigenvalue weighted by molar-refractivity contribution is -0.161. The van der Waals surface area contributed by atoms with Crippen LogP contribution in [0.4, 0.5) is 0 Å². The lowest BCUT2D eigenvalue weighted by Gasteiger charge is -2.21. The molecule has 0 rings (SSSR count). The van der Waals surface area contributed by atoms with Crippen LogP contribution in [0, 0.1) is 0 Å². The molecule has 0 aliphatic heterocycles. The van der Waals surface area contributed by atoms with Crippen LogP contribution in [0.15, 0.2) is 134 Å². The Morgan fingerprint density at radius 2 is 0.604 bits per heavy atom. The topological polar surface area (TPSA) is 231 Å². The molecular weight excluding hydrogens is 1190 g/mol. The molecule has 0 spiro atoms. The molecule has 5 atom stereocenters. The molecule has 0 saturated carbocycles. The number of ether oxygens (including phenoxy) is 3. The van der Waals surface area contributed by atoms with Gasteiger partial charge in [-0.15, -0.1) is 0 Å². The zero-order valence-corrected chi connectivity index (χ0v) is 58.0. The third kappa shape index (κ3) is 66.9. The standard InChI is InChI=1S/C73H122O16P2/c1-4-7-10-13-16-19-22-25-27-29-31-32-33-34-36-38-39-42-44-47-50-53-56-59-71(76)83-62-68(74)63-85-90(79,80)86-64-69(75)65-87-91(81,82)88-67-70(89-73(78)61-58-55-52-49-46-41-24-21-18-15-12-9-6-3)66-84-72(77)60-57-54-51-48-45-43-40-37-35-30-28-26-23-20-17-14-11-8-5-2/h8,11,16-17,19-21,24-28,31-32,34-37,43,45,51,54,68-70,74-75H,4-7,9-10,12-15,18,22-23,29-30,33,38-42,44,46-50,52-53,55-67H2,1-3H3,(H,79,80)(H,81,82)/b11-8-,19-16-,20-17-,24-21-,27-25-,28-26-,32-31-,36-34-,37-35-,45-43-,54-51-. The molecule has 4 N–H and O–H groups in total. The Morgan fingerprint density at radius 3 is 1.02 bits per heavy atom. The SMILES string of the molecule is CC/C=C\C/C=C\C/C=C\C/C=C\C/C=C\C/C=C\CCC(=O)OCC(COP(=O)(O)OCC(O)COP(=O)(O)OCC(O)COC(=O)CCCCCCCCC/C=C\C/C=C\C/C=C\C/C=C\CCCCC)OC(=O)CCCCCCC/C=C\CCCCCC. The van der Waals surface area contributed by atoms with Gasteiger partial charge in [0.1, 0.15) is 25.4 Å². The minimum absolute atomic E-state index is 0.0399. The minimum atomic E-state index is -4.95. The molecule has 0 aromatic carbocycles. The minimum Gasteiger partial charge on any atom is -0.463 e. The number of unbranched alkanes of at least 4 members (excludes halogenated alkanes) is 19. The van der Waals surface area contributed by atoms with Gasteiger partial charge in [0.15, 0.2) is 6.10 Å². The molecule has 0 bridgehead atoms. The van der Waals surface area contributed by atoms with Gasteiger partial charge in [0.25, 0.3) is 0 Å². The molecule has 0 aromatic rings. The van der Waals surface area contributed by atoms with E-state index in [1.54, 1.807) is 0 Å². The van der Waals surface area contributed by atoms with E-state index < -0.39 is 91.5 Å². The van der Waals surface area contributed by atoms with Crippen molar-refractivity contribution in [2.24, 2.45) is 0 Å². The fourth-order valence-corrected chi connectivity index (χ4v) is 10.2. The Balaban J connectivity index is 4.68. The van der Waals surface area contributed by atoms with Crippen molar-refractivity contribution < 1.29 is 75.8 Å². The van der Waals surface area contributed by atoms with E-state index >= 15 is 0 Å². The number of aliphatic hydroxyl groups is 2. The monoisotopic (exact) mass is 1320 g/mol. The van der Waals surface area contributed by atoms with E-state index in [0.29, 0.717) is 25.7 Å². The average molecular weight is 1320 g/mol. The van der Waals surface area contributed by atoms with Crippen LogP contribution in [0.2, 0.25) is 0 Å². The highest BCUT2D eigenvalue weighted by atomic mass is 31.2. The zero-order chi connectivity index (χ0) is 66.7. The highest BCUT2D eigenvalue weighted by Crippen LogP contribution is 2.45. The second-order valence-electron chi connectivity index (χ2n) is 22.6. The van der Waals surface area contributed by atoms with Crippen molar-refractivity contribution in [2.45, 2.75) is 270 Å². The van der Waals surface area contributed by atoms with Crippen molar-refractivity contribution >= 4 is 33.6 Å². The third-order valence-corrected chi connectivity index (χ3v) is 15.7. The van der Waals surface area contributed by atoms with Crippen molar-refractivity contribution in [2.75, 3.05) is 39.6 Å². The fraction of sp³-hybridized carbons (Fsp3) is 0.658. The maximum atomic E-state index is 12.9. The summed E-state index contributed by atoms with van der Waals surface area (Å²) in [6.07, 6.45) is 76.6. The third-order valence-electron chi connectivity index (χ3n) is 13.8. The van der Waals surface area contributed by atoms with Crippen molar-refractivity contribution in [1.82, 2.24) is 0 Å². The number of aliphatic hydroxyl groups excluding tert-OH is 2. The van der Waals surface area contributed by atoms with Gasteiger partial charge in [-0.05, 0) is 128 Å². The summed E-state index contributed by atoms with van der Waals surface area (Å²) in [6, 6.07) is 0. The molecule has 0 saturated heterocycles. The van der Waals surface area contributed by atoms with Gasteiger partial charge in [0, 0.05) is 19.3 Å². The van der Waals surface area contributed by atoms with Crippen molar-refractivity contribution in [1.29, 1.82) is 0 Å². The Kier molecular flexibility index (Phi) is 62.6. The number of carbonyl (C=O) groups is 3. The van der Waals surface area contributed by atoms with Crippen molar-refractivity contribution in [3.05, 3.63) is 134 Å². The number of allylic oxidation sites excluding steroid dienone is 22. The number of hydrogen-bond donors (Lipinski definition) is 4. The lowest BCUT2D eigenvalue weighted by Crippen LogP contribution is -2.30. The van der Waals surface area contributed by atoms with E-state index in [4.69, 9.17) is 32.3 Å². The molecule has 0 radical (unpaired) electrons. The predicted octanol–water partition coefficient (Wildman–Crippen LogP) is 19.2. The van der Waals surface area contributed by atoms with Gasteiger partial charge in [-0.3, -0.25) is 32.5 Å². The molecule has 16 nitrogen and oxygen atoms in total. The molecule has 0 aliphatic carbocycles. The molecule has 18 heteroatoms. The Labute approximate surface area is 550 Å². The summed E-state index contributed by atoms with van der Waals surface area (Å²) in [5.41, 5.74) is 0. The van der Waals surface area contributed by atoms with Crippen LogP contribution >= 0.6 is 15.6 Å². The normalized spacial score (nSPS) is 15.0. The molecule has 0 aromatic heterocycles. The zero-order valence-electron chi connectivity index (χ0n) is 56.2. The summed E-state index contributed by atoms with van der Waals surface area (Å²) in [7, 11) is -9.81. The number of carbonyl (C=O) groups excluding carboxylic acids is 3. The summed E-state index contributed by atoms with van der Waals surface area (Å²) in [5.74, 6) is -1.70. The first-order valence-electron chi connectivity index (χ1n) is 34.5. The van der Waals surface area contributed by atoms with Gasteiger partial charge in [-0.2, -0.15) is 0 Å². The van der Waals surface area contributed by atoms with E-state index in [1.807, 2.05) is 18.2 Å². The molecule has 0 amide bonds. The summed E-state index contributed by atoms with van der Waals surface area (Å²) in [5, 5.41) is 20.5. The quantitative estimate of drug-likeness (QED) is 0.0146. The number of esters is 3.